The number of halogens is 1. The number of anilines is 1. The van der Waals surface area contributed by atoms with Crippen molar-refractivity contribution in [1.82, 2.24) is 9.80 Å². The van der Waals surface area contributed by atoms with Crippen molar-refractivity contribution in [2.75, 3.05) is 45.2 Å². The number of hydrogen-bond donors (Lipinski definition) is 0. The number of nitro groups is 1. The molecule has 2 aromatic carbocycles. The van der Waals surface area contributed by atoms with Crippen molar-refractivity contribution in [3.63, 3.8) is 0 Å². The van der Waals surface area contributed by atoms with Crippen LogP contribution in [0, 0.1) is 10.1 Å². The van der Waals surface area contributed by atoms with Crippen LogP contribution in [0.4, 0.5) is 11.4 Å². The number of carbonyl (C=O) groups excluding carboxylic acids is 1. The summed E-state index contributed by atoms with van der Waals surface area (Å²) in [7, 11) is 3.88. The number of nitro benzene ring substituents is 1. The molecule has 1 saturated heterocycles. The van der Waals surface area contributed by atoms with E-state index >= 15 is 0 Å². The van der Waals surface area contributed by atoms with Gasteiger partial charge in [-0.25, -0.2) is 4.99 Å². The van der Waals surface area contributed by atoms with E-state index in [1.165, 1.54) is 18.6 Å². The molecule has 2 aliphatic heterocycles. The first-order valence-corrected chi connectivity index (χ1v) is 11.8. The molecule has 8 nitrogen and oxygen atoms in total. The van der Waals surface area contributed by atoms with E-state index in [9.17, 15) is 14.9 Å². The van der Waals surface area contributed by atoms with Crippen molar-refractivity contribution in [3.05, 3.63) is 80.6 Å². The van der Waals surface area contributed by atoms with Gasteiger partial charge in [-0.05, 0) is 45.5 Å². The molecular formula is C25H28ClN5O3. The molecule has 34 heavy (non-hydrogen) atoms. The molecule has 0 aliphatic carbocycles. The Morgan fingerprint density at radius 3 is 2.53 bits per heavy atom. The highest BCUT2D eigenvalue weighted by Crippen LogP contribution is 2.34. The zero-order chi connectivity index (χ0) is 24.2. The van der Waals surface area contributed by atoms with E-state index in [1.807, 2.05) is 43.4 Å². The third kappa shape index (κ3) is 5.13. The molecule has 9 heteroatoms. The lowest BCUT2D eigenvalue weighted by molar-refractivity contribution is -0.384. The van der Waals surface area contributed by atoms with Gasteiger partial charge in [-0.3, -0.25) is 14.9 Å². The lowest BCUT2D eigenvalue weighted by atomic mass is 9.99. The zero-order valence-corrected chi connectivity index (χ0v) is 20.2. The van der Waals surface area contributed by atoms with Gasteiger partial charge in [-0.1, -0.05) is 29.8 Å². The number of hydrogen-bond acceptors (Lipinski definition) is 6. The van der Waals surface area contributed by atoms with Crippen LogP contribution >= 0.6 is 11.6 Å². The average Bonchev–Trinajstić information content (AvgIpc) is 2.93. The van der Waals surface area contributed by atoms with Gasteiger partial charge < -0.3 is 14.7 Å². The van der Waals surface area contributed by atoms with E-state index in [-0.39, 0.29) is 11.6 Å². The first-order valence-electron chi connectivity index (χ1n) is 11.4. The highest BCUT2D eigenvalue weighted by molar-refractivity contribution is 6.36. The van der Waals surface area contributed by atoms with Crippen LogP contribution in [0.3, 0.4) is 0 Å². The Bertz CT molecular complexity index is 1150. The van der Waals surface area contributed by atoms with Crippen molar-refractivity contribution < 1.29 is 9.72 Å². The van der Waals surface area contributed by atoms with Crippen LogP contribution in [0.25, 0.3) is 0 Å². The standard InChI is InChI=1S/C25H28ClN5O3/c1-28(2)14-15-30-23-11-10-18(31(33)34)16-20(23)24(19-8-4-5-9-21(19)26)27-22(25(30)32)17-29-12-6-3-7-13-29/h4-5,8-11,16-17H,3,6-7,12-15H2,1-2H3. The Morgan fingerprint density at radius 2 is 1.85 bits per heavy atom. The molecule has 0 saturated carbocycles. The zero-order valence-electron chi connectivity index (χ0n) is 19.4. The molecular weight excluding hydrogens is 454 g/mol. The van der Waals surface area contributed by atoms with E-state index in [1.54, 1.807) is 17.0 Å². The fraction of sp³-hybridized carbons (Fsp3) is 0.360. The van der Waals surface area contributed by atoms with Gasteiger partial charge in [-0.2, -0.15) is 0 Å². The number of likely N-dealkylation sites (tertiary alicyclic amines) is 1. The Hall–Kier alpha value is -3.23. The Labute approximate surface area is 204 Å². The largest absolute Gasteiger partial charge is 0.375 e. The van der Waals surface area contributed by atoms with Crippen LogP contribution in [0.1, 0.15) is 30.4 Å². The quantitative estimate of drug-likeness (QED) is 0.348. The van der Waals surface area contributed by atoms with Crippen molar-refractivity contribution in [2.45, 2.75) is 19.3 Å². The second kappa shape index (κ2) is 10.4. The molecule has 0 aromatic heterocycles. The first kappa shape index (κ1) is 23.9. The first-order chi connectivity index (χ1) is 16.3. The number of non-ortho nitro benzene ring substituents is 1. The van der Waals surface area contributed by atoms with Crippen LogP contribution in [0.15, 0.2) is 59.4 Å². The molecule has 0 bridgehead atoms. The maximum atomic E-state index is 13.8. The topological polar surface area (TPSA) is 82.3 Å². The molecule has 2 aromatic rings. The summed E-state index contributed by atoms with van der Waals surface area (Å²) in [6, 6.07) is 11.8. The van der Waals surface area contributed by atoms with Gasteiger partial charge in [0.25, 0.3) is 11.6 Å². The number of likely N-dealkylation sites (N-methyl/N-ethyl adjacent to an activating group) is 1. The molecule has 1 fully saturated rings. The number of benzodiazepines with no additional fused rings is 1. The Kier molecular flexibility index (Phi) is 7.29. The molecule has 4 rings (SSSR count). The lowest BCUT2D eigenvalue weighted by Crippen LogP contribution is -2.38. The van der Waals surface area contributed by atoms with Crippen LogP contribution in [-0.4, -0.2) is 66.6 Å². The van der Waals surface area contributed by atoms with E-state index in [0.29, 0.717) is 46.3 Å². The third-order valence-corrected chi connectivity index (χ3v) is 6.36. The molecule has 0 radical (unpaired) electrons. The van der Waals surface area contributed by atoms with E-state index in [4.69, 9.17) is 16.6 Å². The van der Waals surface area contributed by atoms with Gasteiger partial charge in [0.15, 0.2) is 0 Å². The smallest absolute Gasteiger partial charge is 0.278 e. The number of aliphatic imine (C=N–C) groups is 1. The highest BCUT2D eigenvalue weighted by atomic mass is 35.5. The van der Waals surface area contributed by atoms with E-state index < -0.39 is 4.92 Å². The third-order valence-electron chi connectivity index (χ3n) is 6.03. The minimum atomic E-state index is -0.439. The predicted octanol–water partition coefficient (Wildman–Crippen LogP) is 4.32. The Morgan fingerprint density at radius 1 is 1.12 bits per heavy atom. The minimum absolute atomic E-state index is 0.0676. The van der Waals surface area contributed by atoms with Crippen LogP contribution in [0.5, 0.6) is 0 Å². The normalized spacial score (nSPS) is 17.6. The molecule has 2 aliphatic rings. The monoisotopic (exact) mass is 481 g/mol. The summed E-state index contributed by atoms with van der Waals surface area (Å²) >= 11 is 6.55. The molecule has 0 N–H and O–H groups in total. The van der Waals surface area contributed by atoms with Gasteiger partial charge in [0.2, 0.25) is 0 Å². The van der Waals surface area contributed by atoms with Crippen molar-refractivity contribution in [2.24, 2.45) is 4.99 Å². The maximum absolute atomic E-state index is 13.8. The number of carbonyl (C=O) groups is 1. The summed E-state index contributed by atoms with van der Waals surface area (Å²) in [6.45, 7) is 2.77. The molecule has 0 atom stereocenters. The van der Waals surface area contributed by atoms with Gasteiger partial charge in [0.1, 0.15) is 5.70 Å². The van der Waals surface area contributed by atoms with Crippen molar-refractivity contribution in [1.29, 1.82) is 0 Å². The second-order valence-electron chi connectivity index (χ2n) is 8.77. The number of fused-ring (bicyclic) bond motifs is 1. The van der Waals surface area contributed by atoms with Crippen LogP contribution < -0.4 is 4.90 Å². The van der Waals surface area contributed by atoms with Crippen molar-refractivity contribution >= 4 is 34.6 Å². The Balaban J connectivity index is 1.94. The molecule has 0 spiro atoms. The summed E-state index contributed by atoms with van der Waals surface area (Å²) in [4.78, 5) is 35.6. The van der Waals surface area contributed by atoms with Gasteiger partial charge in [0.05, 0.1) is 16.3 Å². The van der Waals surface area contributed by atoms with E-state index in [0.717, 1.165) is 25.9 Å². The van der Waals surface area contributed by atoms with Gasteiger partial charge >= 0.3 is 0 Å². The highest BCUT2D eigenvalue weighted by Gasteiger charge is 2.31. The summed E-state index contributed by atoms with van der Waals surface area (Å²) < 4.78 is 0. The fourth-order valence-corrected chi connectivity index (χ4v) is 4.45. The summed E-state index contributed by atoms with van der Waals surface area (Å²) in [5, 5.41) is 12.1. The number of benzene rings is 2. The van der Waals surface area contributed by atoms with Gasteiger partial charge in [-0.15, -0.1) is 0 Å². The molecule has 1 amide bonds. The van der Waals surface area contributed by atoms with Crippen LogP contribution in [-0.2, 0) is 4.79 Å². The molecule has 178 valence electrons. The SMILES string of the molecule is CN(C)CCN1C(=O)C(=CN2CCCCC2)N=C(c2ccccc2Cl)c2cc([N+](=O)[O-])ccc21. The number of rotatable bonds is 6. The average molecular weight is 482 g/mol. The lowest BCUT2D eigenvalue weighted by Gasteiger charge is -2.27. The second-order valence-corrected chi connectivity index (χ2v) is 9.18. The number of piperidine rings is 1. The fourth-order valence-electron chi connectivity index (χ4n) is 4.22. The summed E-state index contributed by atoms with van der Waals surface area (Å²) in [6.07, 6.45) is 5.14. The molecule has 2 heterocycles. The molecule has 0 unspecified atom stereocenters. The summed E-state index contributed by atoms with van der Waals surface area (Å²) in [5.41, 5.74) is 2.40. The van der Waals surface area contributed by atoms with Gasteiger partial charge in [0, 0.05) is 60.7 Å². The number of amides is 1. The maximum Gasteiger partial charge on any atom is 0.278 e. The predicted molar refractivity (Wildman–Crippen MR) is 135 cm³/mol. The number of nitrogens with zero attached hydrogens (tertiary/aromatic N) is 5. The van der Waals surface area contributed by atoms with Crippen LogP contribution in [0.2, 0.25) is 5.02 Å². The summed E-state index contributed by atoms with van der Waals surface area (Å²) in [5.74, 6) is -0.232. The minimum Gasteiger partial charge on any atom is -0.375 e. The van der Waals surface area contributed by atoms with Crippen molar-refractivity contribution in [3.8, 4) is 0 Å². The van der Waals surface area contributed by atoms with E-state index in [2.05, 4.69) is 4.90 Å².